The summed E-state index contributed by atoms with van der Waals surface area (Å²) in [5, 5.41) is 12.5. The van der Waals surface area contributed by atoms with Gasteiger partial charge in [0.2, 0.25) is 15.3 Å². The van der Waals surface area contributed by atoms with E-state index in [1.807, 2.05) is 6.07 Å². The summed E-state index contributed by atoms with van der Waals surface area (Å²) in [6, 6.07) is 1.70. The third kappa shape index (κ3) is 4.91. The zero-order valence-electron chi connectivity index (χ0n) is 12.5. The number of nitriles is 1. The van der Waals surface area contributed by atoms with Crippen LogP contribution in [0.2, 0.25) is 10.3 Å². The molecule has 1 heterocycles. The molecule has 2 atom stereocenters. The van der Waals surface area contributed by atoms with E-state index in [2.05, 4.69) is 15.3 Å². The number of nitrogens with zero attached hydrogens (tertiary/aromatic N) is 4. The molecule has 1 aromatic heterocycles. The molecule has 1 aromatic rings. The number of hydrogen-bond acceptors (Lipinski definition) is 6. The molecule has 126 valence electrons. The summed E-state index contributed by atoms with van der Waals surface area (Å²) in [6.45, 7) is -0.143. The van der Waals surface area contributed by atoms with Crippen LogP contribution in [0, 0.1) is 11.3 Å². The molecule has 1 N–H and O–H groups in total. The Morgan fingerprint density at radius 1 is 1.48 bits per heavy atom. The average Bonchev–Trinajstić information content (AvgIpc) is 2.47. The second kappa shape index (κ2) is 7.62. The summed E-state index contributed by atoms with van der Waals surface area (Å²) in [7, 11) is -3.43. The first-order valence-electron chi connectivity index (χ1n) is 7.09. The predicted molar refractivity (Wildman–Crippen MR) is 88.9 cm³/mol. The summed E-state index contributed by atoms with van der Waals surface area (Å²) in [6.07, 6.45) is 5.55. The van der Waals surface area contributed by atoms with Gasteiger partial charge in [-0.3, -0.25) is 0 Å². The van der Waals surface area contributed by atoms with Crippen molar-refractivity contribution in [2.45, 2.75) is 37.8 Å². The van der Waals surface area contributed by atoms with Gasteiger partial charge in [-0.2, -0.15) is 14.6 Å². The minimum absolute atomic E-state index is 0.000148. The number of nitrogens with one attached hydrogen (secondary N) is 1. The maximum absolute atomic E-state index is 11.9. The summed E-state index contributed by atoms with van der Waals surface area (Å²) in [4.78, 5) is 7.84. The van der Waals surface area contributed by atoms with Gasteiger partial charge in [-0.25, -0.2) is 13.4 Å². The van der Waals surface area contributed by atoms with Crippen molar-refractivity contribution in [2.75, 3.05) is 18.1 Å². The average molecular weight is 378 g/mol. The lowest BCUT2D eigenvalue weighted by atomic mass is 9.91. The smallest absolute Gasteiger partial charge is 0.224 e. The maximum atomic E-state index is 11.9. The third-order valence-electron chi connectivity index (χ3n) is 3.76. The van der Waals surface area contributed by atoms with Crippen LogP contribution in [-0.4, -0.2) is 47.6 Å². The molecular weight excluding hydrogens is 361 g/mol. The predicted octanol–water partition coefficient (Wildman–Crippen LogP) is 2.29. The van der Waals surface area contributed by atoms with E-state index in [0.717, 1.165) is 25.5 Å². The molecule has 0 saturated heterocycles. The lowest BCUT2D eigenvalue weighted by Gasteiger charge is -2.35. The van der Waals surface area contributed by atoms with Gasteiger partial charge >= 0.3 is 0 Å². The van der Waals surface area contributed by atoms with Gasteiger partial charge in [-0.05, 0) is 37.3 Å². The van der Waals surface area contributed by atoms with Crippen molar-refractivity contribution in [3.63, 3.8) is 0 Å². The Balaban J connectivity index is 2.11. The normalized spacial score (nSPS) is 21.9. The van der Waals surface area contributed by atoms with E-state index in [-0.39, 0.29) is 23.9 Å². The number of sulfonamides is 1. The van der Waals surface area contributed by atoms with Gasteiger partial charge in [-0.15, -0.1) is 0 Å². The number of halogens is 2. The van der Waals surface area contributed by atoms with E-state index in [4.69, 9.17) is 28.5 Å². The highest BCUT2D eigenvalue weighted by molar-refractivity contribution is 7.88. The van der Waals surface area contributed by atoms with Crippen molar-refractivity contribution in [3.8, 4) is 6.07 Å². The van der Waals surface area contributed by atoms with Crippen molar-refractivity contribution < 1.29 is 8.42 Å². The van der Waals surface area contributed by atoms with Crippen LogP contribution < -0.4 is 5.32 Å². The first kappa shape index (κ1) is 18.2. The topological polar surface area (TPSA) is 99.0 Å². The fourth-order valence-electron chi connectivity index (χ4n) is 2.78. The first-order chi connectivity index (χ1) is 10.8. The Bertz CT molecular complexity index is 707. The third-order valence-corrected chi connectivity index (χ3v) is 5.50. The molecule has 0 radical (unpaired) electrons. The van der Waals surface area contributed by atoms with E-state index in [1.54, 1.807) is 0 Å². The molecule has 10 heteroatoms. The second-order valence-electron chi connectivity index (χ2n) is 5.46. The van der Waals surface area contributed by atoms with Crippen molar-refractivity contribution in [1.29, 1.82) is 5.26 Å². The SMILES string of the molecule is CS(=O)(=O)N(CC#N)[C@H]1CCC[C@@H](Nc2nc(Cl)ncc2Cl)C1. The summed E-state index contributed by atoms with van der Waals surface area (Å²) >= 11 is 11.8. The van der Waals surface area contributed by atoms with Crippen LogP contribution in [0.3, 0.4) is 0 Å². The number of hydrogen-bond donors (Lipinski definition) is 1. The molecule has 0 aromatic carbocycles. The summed E-state index contributed by atoms with van der Waals surface area (Å²) in [5.41, 5.74) is 0. The van der Waals surface area contributed by atoms with Crippen LogP contribution in [0.1, 0.15) is 25.7 Å². The fraction of sp³-hybridized carbons (Fsp3) is 0.615. The van der Waals surface area contributed by atoms with Gasteiger partial charge in [0.05, 0.1) is 18.5 Å². The molecule has 2 rings (SSSR count). The zero-order valence-corrected chi connectivity index (χ0v) is 14.9. The Hall–Kier alpha value is -1.14. The molecule has 7 nitrogen and oxygen atoms in total. The van der Waals surface area contributed by atoms with E-state index in [9.17, 15) is 8.42 Å². The molecule has 0 aliphatic heterocycles. The van der Waals surface area contributed by atoms with Crippen LogP contribution >= 0.6 is 23.2 Å². The highest BCUT2D eigenvalue weighted by Crippen LogP contribution is 2.28. The Morgan fingerprint density at radius 2 is 2.22 bits per heavy atom. The van der Waals surface area contributed by atoms with Crippen molar-refractivity contribution in [2.24, 2.45) is 0 Å². The monoisotopic (exact) mass is 377 g/mol. The van der Waals surface area contributed by atoms with Crippen molar-refractivity contribution in [1.82, 2.24) is 14.3 Å². The molecule has 1 aliphatic carbocycles. The molecular formula is C13H17Cl2N5O2S. The van der Waals surface area contributed by atoms with Crippen LogP contribution in [0.4, 0.5) is 5.82 Å². The molecule has 0 bridgehead atoms. The quantitative estimate of drug-likeness (QED) is 0.624. The molecule has 0 spiro atoms. The highest BCUT2D eigenvalue weighted by atomic mass is 35.5. The van der Waals surface area contributed by atoms with Crippen molar-refractivity contribution in [3.05, 3.63) is 16.5 Å². The van der Waals surface area contributed by atoms with Crippen LogP contribution in [0.5, 0.6) is 0 Å². The second-order valence-corrected chi connectivity index (χ2v) is 8.14. The summed E-state index contributed by atoms with van der Waals surface area (Å²) in [5.74, 6) is 0.434. The lowest BCUT2D eigenvalue weighted by molar-refractivity contribution is 0.260. The van der Waals surface area contributed by atoms with Gasteiger partial charge in [0.25, 0.3) is 0 Å². The minimum Gasteiger partial charge on any atom is -0.366 e. The van der Waals surface area contributed by atoms with Gasteiger partial charge in [0, 0.05) is 12.1 Å². The Kier molecular flexibility index (Phi) is 6.03. The minimum atomic E-state index is -3.43. The van der Waals surface area contributed by atoms with Gasteiger partial charge in [0.1, 0.15) is 17.4 Å². The van der Waals surface area contributed by atoms with Crippen molar-refractivity contribution >= 4 is 39.0 Å². The van der Waals surface area contributed by atoms with Gasteiger partial charge in [-0.1, -0.05) is 11.6 Å². The zero-order chi connectivity index (χ0) is 17.0. The van der Waals surface area contributed by atoms with Crippen LogP contribution in [-0.2, 0) is 10.0 Å². The molecule has 0 amide bonds. The van der Waals surface area contributed by atoms with E-state index in [0.29, 0.717) is 17.3 Å². The molecule has 1 aliphatic rings. The van der Waals surface area contributed by atoms with Gasteiger partial charge < -0.3 is 5.32 Å². The summed E-state index contributed by atoms with van der Waals surface area (Å²) < 4.78 is 25.0. The fourth-order valence-corrected chi connectivity index (χ4v) is 4.09. The van der Waals surface area contributed by atoms with E-state index in [1.165, 1.54) is 10.5 Å². The van der Waals surface area contributed by atoms with Gasteiger partial charge in [0.15, 0.2) is 0 Å². The van der Waals surface area contributed by atoms with E-state index >= 15 is 0 Å². The van der Waals surface area contributed by atoms with Crippen LogP contribution in [0.15, 0.2) is 6.20 Å². The Morgan fingerprint density at radius 3 is 2.87 bits per heavy atom. The maximum Gasteiger partial charge on any atom is 0.224 e. The molecule has 0 unspecified atom stereocenters. The molecule has 1 saturated carbocycles. The van der Waals surface area contributed by atoms with Crippen LogP contribution in [0.25, 0.3) is 0 Å². The lowest BCUT2D eigenvalue weighted by Crippen LogP contribution is -2.45. The van der Waals surface area contributed by atoms with E-state index < -0.39 is 10.0 Å². The molecule has 23 heavy (non-hydrogen) atoms. The number of rotatable bonds is 5. The molecule has 1 fully saturated rings. The highest BCUT2D eigenvalue weighted by Gasteiger charge is 2.32. The number of anilines is 1. The number of aromatic nitrogens is 2. The first-order valence-corrected chi connectivity index (χ1v) is 9.70. The Labute approximate surface area is 145 Å². The largest absolute Gasteiger partial charge is 0.366 e. The standard InChI is InChI=1S/C13H17Cl2N5O2S/c1-23(21,22)20(6-5-16)10-4-2-3-9(7-10)18-12-11(14)8-17-13(15)19-12/h8-10H,2-4,6-7H2,1H3,(H,17,18,19)/t9-,10+/m1/s1.